The molecule has 4 rings (SSSR count). The van der Waals surface area contributed by atoms with Crippen molar-refractivity contribution < 1.29 is 14.4 Å². The van der Waals surface area contributed by atoms with Crippen LogP contribution in [0.15, 0.2) is 36.4 Å². The number of fused-ring (bicyclic) bond motifs is 5. The van der Waals surface area contributed by atoms with Crippen molar-refractivity contribution in [3.05, 3.63) is 42.0 Å². The number of hydrogen-bond acceptors (Lipinski definition) is 3. The molecule has 3 amide bonds. The molecule has 1 heterocycles. The Morgan fingerprint density at radius 3 is 2.40 bits per heavy atom. The van der Waals surface area contributed by atoms with Gasteiger partial charge in [-0.2, -0.15) is 0 Å². The first-order chi connectivity index (χ1) is 12.1. The molecule has 1 N–H and O–H groups in total. The maximum absolute atomic E-state index is 12.6. The van der Waals surface area contributed by atoms with Gasteiger partial charge in [-0.3, -0.25) is 19.3 Å². The first-order valence-corrected chi connectivity index (χ1v) is 9.01. The lowest BCUT2D eigenvalue weighted by Crippen LogP contribution is -2.35. The zero-order valence-corrected chi connectivity index (χ0v) is 14.3. The van der Waals surface area contributed by atoms with Crippen LogP contribution in [-0.2, 0) is 20.8 Å². The smallest absolute Gasteiger partial charge is 0.233 e. The highest BCUT2D eigenvalue weighted by Gasteiger charge is 2.58. The predicted molar refractivity (Wildman–Crippen MR) is 93.5 cm³/mol. The van der Waals surface area contributed by atoms with Gasteiger partial charge in [-0.25, -0.2) is 0 Å². The van der Waals surface area contributed by atoms with Crippen molar-refractivity contribution in [1.82, 2.24) is 4.90 Å². The van der Waals surface area contributed by atoms with Gasteiger partial charge in [0.15, 0.2) is 0 Å². The summed E-state index contributed by atoms with van der Waals surface area (Å²) in [6.45, 7) is 2.21. The Hall–Kier alpha value is -2.43. The highest BCUT2D eigenvalue weighted by molar-refractivity contribution is 6.06. The van der Waals surface area contributed by atoms with Crippen molar-refractivity contribution in [2.45, 2.75) is 26.2 Å². The molecular formula is C20H22N2O3. The minimum absolute atomic E-state index is 0.0893. The third-order valence-corrected chi connectivity index (χ3v) is 5.80. The summed E-state index contributed by atoms with van der Waals surface area (Å²) in [5.41, 5.74) is 1.87. The molecule has 4 unspecified atom stereocenters. The molecule has 0 spiro atoms. The monoisotopic (exact) mass is 338 g/mol. The second kappa shape index (κ2) is 6.14. The molecule has 5 heteroatoms. The Kier molecular flexibility index (Phi) is 3.94. The van der Waals surface area contributed by atoms with E-state index >= 15 is 0 Å². The SMILES string of the molecule is CCc1ccccc1NC(=O)CCN1C(=O)C2C3C=CC(C3)C2C1=O. The van der Waals surface area contributed by atoms with Crippen molar-refractivity contribution >= 4 is 23.4 Å². The van der Waals surface area contributed by atoms with Crippen LogP contribution < -0.4 is 5.32 Å². The molecule has 0 radical (unpaired) electrons. The molecule has 0 aromatic heterocycles. The molecule has 130 valence electrons. The number of carbonyl (C=O) groups excluding carboxylic acids is 3. The Morgan fingerprint density at radius 1 is 1.12 bits per heavy atom. The number of carbonyl (C=O) groups is 3. The lowest BCUT2D eigenvalue weighted by Gasteiger charge is -2.17. The van der Waals surface area contributed by atoms with Crippen molar-refractivity contribution in [1.29, 1.82) is 0 Å². The van der Waals surface area contributed by atoms with Gasteiger partial charge in [0, 0.05) is 18.7 Å². The number of nitrogens with zero attached hydrogens (tertiary/aromatic N) is 1. The molecule has 4 atom stereocenters. The fourth-order valence-corrected chi connectivity index (χ4v) is 4.56. The topological polar surface area (TPSA) is 66.5 Å². The van der Waals surface area contributed by atoms with Crippen molar-refractivity contribution in [3.63, 3.8) is 0 Å². The standard InChI is InChI=1S/C20H22N2O3/c1-2-12-5-3-4-6-15(12)21-16(23)9-10-22-19(24)17-13-7-8-14(11-13)18(17)20(22)25/h3-8,13-14,17-18H,2,9-11H2,1H3,(H,21,23). The number of anilines is 1. The third kappa shape index (κ3) is 2.58. The number of hydrogen-bond donors (Lipinski definition) is 1. The first kappa shape index (κ1) is 16.1. The van der Waals surface area contributed by atoms with Gasteiger partial charge in [0.25, 0.3) is 0 Å². The number of amides is 3. The minimum Gasteiger partial charge on any atom is -0.326 e. The molecule has 2 aliphatic carbocycles. The van der Waals surface area contributed by atoms with E-state index in [1.54, 1.807) is 0 Å². The van der Waals surface area contributed by atoms with Crippen LogP contribution in [0.25, 0.3) is 0 Å². The number of nitrogens with one attached hydrogen (secondary N) is 1. The van der Waals surface area contributed by atoms with E-state index in [2.05, 4.69) is 17.5 Å². The van der Waals surface area contributed by atoms with E-state index in [0.717, 1.165) is 24.1 Å². The summed E-state index contributed by atoms with van der Waals surface area (Å²) >= 11 is 0. The summed E-state index contributed by atoms with van der Waals surface area (Å²) in [4.78, 5) is 38.8. The number of likely N-dealkylation sites (tertiary alicyclic amines) is 1. The summed E-state index contributed by atoms with van der Waals surface area (Å²) in [5, 5.41) is 2.89. The summed E-state index contributed by atoms with van der Waals surface area (Å²) in [6.07, 6.45) is 6.05. The van der Waals surface area contributed by atoms with Gasteiger partial charge in [0.05, 0.1) is 11.8 Å². The van der Waals surface area contributed by atoms with E-state index in [9.17, 15) is 14.4 Å². The van der Waals surface area contributed by atoms with E-state index in [4.69, 9.17) is 0 Å². The lowest BCUT2D eigenvalue weighted by molar-refractivity contribution is -0.140. The number of rotatable bonds is 5. The van der Waals surface area contributed by atoms with Crippen LogP contribution in [0, 0.1) is 23.7 Å². The van der Waals surface area contributed by atoms with Crippen molar-refractivity contribution in [2.75, 3.05) is 11.9 Å². The minimum atomic E-state index is -0.189. The van der Waals surface area contributed by atoms with Gasteiger partial charge >= 0.3 is 0 Å². The van der Waals surface area contributed by atoms with Gasteiger partial charge in [0.1, 0.15) is 0 Å². The Morgan fingerprint density at radius 2 is 1.76 bits per heavy atom. The third-order valence-electron chi connectivity index (χ3n) is 5.80. The van der Waals surface area contributed by atoms with Crippen LogP contribution in [0.5, 0.6) is 0 Å². The number of allylic oxidation sites excluding steroid dienone is 2. The largest absolute Gasteiger partial charge is 0.326 e. The molecule has 3 aliphatic rings. The maximum Gasteiger partial charge on any atom is 0.233 e. The second-order valence-corrected chi connectivity index (χ2v) is 7.14. The molecule has 1 aromatic carbocycles. The van der Waals surface area contributed by atoms with Crippen LogP contribution in [0.2, 0.25) is 0 Å². The molecule has 1 saturated carbocycles. The zero-order chi connectivity index (χ0) is 17.6. The Labute approximate surface area is 147 Å². The summed E-state index contributed by atoms with van der Waals surface area (Å²) in [6, 6.07) is 7.67. The van der Waals surface area contributed by atoms with Crippen LogP contribution in [0.1, 0.15) is 25.3 Å². The highest BCUT2D eigenvalue weighted by atomic mass is 16.2. The lowest BCUT2D eigenvalue weighted by atomic mass is 9.85. The Bertz CT molecular complexity index is 740. The first-order valence-electron chi connectivity index (χ1n) is 9.01. The molecule has 1 aromatic rings. The average molecular weight is 338 g/mol. The molecule has 1 aliphatic heterocycles. The van der Waals surface area contributed by atoms with E-state index < -0.39 is 0 Å². The molecule has 1 saturated heterocycles. The average Bonchev–Trinajstić information content (AvgIpc) is 3.28. The zero-order valence-electron chi connectivity index (χ0n) is 14.3. The van der Waals surface area contributed by atoms with E-state index in [0.29, 0.717) is 0 Å². The summed E-state index contributed by atoms with van der Waals surface area (Å²) in [5.74, 6) is -0.303. The van der Waals surface area contributed by atoms with E-state index in [1.807, 2.05) is 31.2 Å². The highest BCUT2D eigenvalue weighted by Crippen LogP contribution is 2.52. The van der Waals surface area contributed by atoms with Gasteiger partial charge in [-0.05, 0) is 36.3 Å². The molecule has 5 nitrogen and oxygen atoms in total. The van der Waals surface area contributed by atoms with Gasteiger partial charge < -0.3 is 5.32 Å². The summed E-state index contributed by atoms with van der Waals surface area (Å²) in [7, 11) is 0. The van der Waals surface area contributed by atoms with E-state index in [-0.39, 0.29) is 54.4 Å². The molecule has 2 bridgehead atoms. The number of benzene rings is 1. The van der Waals surface area contributed by atoms with Crippen LogP contribution in [0.3, 0.4) is 0 Å². The Balaban J connectivity index is 1.38. The summed E-state index contributed by atoms with van der Waals surface area (Å²) < 4.78 is 0. The van der Waals surface area contributed by atoms with Gasteiger partial charge in [-0.15, -0.1) is 0 Å². The maximum atomic E-state index is 12.6. The molecular weight excluding hydrogens is 316 g/mol. The quantitative estimate of drug-likeness (QED) is 0.662. The van der Waals surface area contributed by atoms with Crippen LogP contribution in [0.4, 0.5) is 5.69 Å². The van der Waals surface area contributed by atoms with E-state index in [1.165, 1.54) is 4.90 Å². The number of para-hydroxylation sites is 1. The van der Waals surface area contributed by atoms with Gasteiger partial charge in [0.2, 0.25) is 17.7 Å². The number of aryl methyl sites for hydroxylation is 1. The van der Waals surface area contributed by atoms with Gasteiger partial charge in [-0.1, -0.05) is 37.3 Å². The fraction of sp³-hybridized carbons (Fsp3) is 0.450. The molecule has 25 heavy (non-hydrogen) atoms. The fourth-order valence-electron chi connectivity index (χ4n) is 4.56. The normalized spacial score (nSPS) is 29.4. The van der Waals surface area contributed by atoms with Crippen molar-refractivity contribution in [2.24, 2.45) is 23.7 Å². The van der Waals surface area contributed by atoms with Crippen molar-refractivity contribution in [3.8, 4) is 0 Å². The molecule has 2 fully saturated rings. The predicted octanol–water partition coefficient (Wildman–Crippen LogP) is 2.38. The van der Waals surface area contributed by atoms with Crippen LogP contribution in [-0.4, -0.2) is 29.2 Å². The number of imide groups is 1. The second-order valence-electron chi connectivity index (χ2n) is 7.14. The van der Waals surface area contributed by atoms with Crippen LogP contribution >= 0.6 is 0 Å².